The van der Waals surface area contributed by atoms with Gasteiger partial charge in [-0.3, -0.25) is 14.6 Å². The summed E-state index contributed by atoms with van der Waals surface area (Å²) in [4.78, 5) is 40.4. The Bertz CT molecular complexity index is 1260. The monoisotopic (exact) mass is 560 g/mol. The molecule has 5 rings (SSSR count). The van der Waals surface area contributed by atoms with E-state index in [4.69, 9.17) is 32.7 Å². The van der Waals surface area contributed by atoms with E-state index in [1.165, 1.54) is 25.2 Å². The van der Waals surface area contributed by atoms with Crippen molar-refractivity contribution in [1.29, 1.82) is 0 Å². The summed E-state index contributed by atoms with van der Waals surface area (Å²) in [5, 5.41) is 3.39. The van der Waals surface area contributed by atoms with Gasteiger partial charge in [-0.2, -0.15) is 4.98 Å². The van der Waals surface area contributed by atoms with Crippen molar-refractivity contribution >= 4 is 52.6 Å². The number of carbonyl (C=O) groups excluding carboxylic acids is 2. The van der Waals surface area contributed by atoms with Crippen LogP contribution in [0.15, 0.2) is 24.9 Å². The third-order valence-electron chi connectivity index (χ3n) is 7.89. The topological polar surface area (TPSA) is 100 Å². The molecular weight excluding hydrogens is 531 g/mol. The zero-order chi connectivity index (χ0) is 27.2. The number of anilines is 3. The first-order valence-electron chi connectivity index (χ1n) is 12.4. The van der Waals surface area contributed by atoms with Gasteiger partial charge in [-0.25, -0.2) is 9.78 Å². The number of benzene rings is 1. The highest BCUT2D eigenvalue weighted by Crippen LogP contribution is 2.54. The third kappa shape index (κ3) is 4.29. The first-order valence-corrected chi connectivity index (χ1v) is 13.2. The number of urea groups is 1. The lowest BCUT2D eigenvalue weighted by molar-refractivity contribution is -0.129. The molecule has 1 aliphatic carbocycles. The molecule has 0 unspecified atom stereocenters. The van der Waals surface area contributed by atoms with Gasteiger partial charge >= 0.3 is 6.03 Å². The molecule has 1 aromatic carbocycles. The van der Waals surface area contributed by atoms with Crippen LogP contribution in [0.3, 0.4) is 0 Å². The summed E-state index contributed by atoms with van der Waals surface area (Å²) in [6.07, 6.45) is 6.47. The van der Waals surface area contributed by atoms with E-state index in [0.717, 1.165) is 31.2 Å². The van der Waals surface area contributed by atoms with Gasteiger partial charge in [0.05, 0.1) is 26.5 Å². The van der Waals surface area contributed by atoms with Gasteiger partial charge < -0.3 is 19.7 Å². The van der Waals surface area contributed by atoms with Gasteiger partial charge in [0, 0.05) is 44.0 Å². The molecule has 1 spiro atoms. The minimum Gasteiger partial charge on any atom is -0.495 e. The molecular formula is C26H30Cl2N6O4. The van der Waals surface area contributed by atoms with Crippen LogP contribution in [-0.4, -0.2) is 67.2 Å². The summed E-state index contributed by atoms with van der Waals surface area (Å²) >= 11 is 13.4. The Morgan fingerprint density at radius 1 is 1.18 bits per heavy atom. The molecule has 38 heavy (non-hydrogen) atoms. The summed E-state index contributed by atoms with van der Waals surface area (Å²) < 4.78 is 10.9. The third-order valence-corrected chi connectivity index (χ3v) is 8.62. The lowest BCUT2D eigenvalue weighted by Gasteiger charge is -2.55. The Hall–Kier alpha value is -3.24. The molecule has 10 nitrogen and oxygen atoms in total. The fraction of sp³-hybridized carbons (Fsp3) is 0.462. The average Bonchev–Trinajstić information content (AvgIpc) is 2.92. The van der Waals surface area contributed by atoms with Gasteiger partial charge in [-0.1, -0.05) is 29.8 Å². The van der Waals surface area contributed by atoms with Gasteiger partial charge in [0.25, 0.3) is 0 Å². The molecule has 0 atom stereocenters. The molecule has 2 aromatic rings. The molecule has 3 heterocycles. The number of aromatic nitrogens is 2. The fourth-order valence-corrected chi connectivity index (χ4v) is 6.48. The Labute approximate surface area is 231 Å². The van der Waals surface area contributed by atoms with Crippen molar-refractivity contribution in [2.45, 2.75) is 38.3 Å². The molecule has 1 saturated carbocycles. The highest BCUT2D eigenvalue weighted by atomic mass is 35.5. The maximum absolute atomic E-state index is 14.2. The second-order valence-corrected chi connectivity index (χ2v) is 10.6. The molecule has 2 fully saturated rings. The Morgan fingerprint density at radius 2 is 1.82 bits per heavy atom. The van der Waals surface area contributed by atoms with E-state index >= 15 is 0 Å². The number of nitrogens with zero attached hydrogens (tertiary/aromatic N) is 5. The van der Waals surface area contributed by atoms with Crippen LogP contribution >= 0.6 is 23.2 Å². The number of carbonyl (C=O) groups is 2. The Morgan fingerprint density at radius 3 is 2.37 bits per heavy atom. The summed E-state index contributed by atoms with van der Waals surface area (Å²) in [7, 11) is 4.72. The van der Waals surface area contributed by atoms with Gasteiger partial charge in [0.1, 0.15) is 27.4 Å². The zero-order valence-corrected chi connectivity index (χ0v) is 23.1. The minimum atomic E-state index is -0.281. The quantitative estimate of drug-likeness (QED) is 0.509. The van der Waals surface area contributed by atoms with E-state index in [9.17, 15) is 9.59 Å². The van der Waals surface area contributed by atoms with Crippen molar-refractivity contribution in [3.63, 3.8) is 0 Å². The van der Waals surface area contributed by atoms with Crippen LogP contribution in [0.1, 0.15) is 31.2 Å². The maximum atomic E-state index is 14.2. The van der Waals surface area contributed by atoms with Crippen LogP contribution in [-0.2, 0) is 11.3 Å². The number of hydrogen-bond acceptors (Lipinski definition) is 7. The van der Waals surface area contributed by atoms with Crippen LogP contribution in [0, 0.1) is 5.41 Å². The lowest BCUT2D eigenvalue weighted by Crippen LogP contribution is -2.61. The van der Waals surface area contributed by atoms with E-state index in [-0.39, 0.29) is 40.0 Å². The van der Waals surface area contributed by atoms with Crippen LogP contribution in [0.5, 0.6) is 11.5 Å². The molecule has 0 radical (unpaired) electrons. The molecule has 202 valence electrons. The Balaban J connectivity index is 1.49. The number of ether oxygens (including phenoxy) is 2. The lowest BCUT2D eigenvalue weighted by atomic mass is 9.60. The molecule has 1 N–H and O–H groups in total. The van der Waals surface area contributed by atoms with Crippen molar-refractivity contribution in [2.75, 3.05) is 49.5 Å². The van der Waals surface area contributed by atoms with E-state index in [1.54, 1.807) is 24.2 Å². The molecule has 3 amide bonds. The van der Waals surface area contributed by atoms with Crippen LogP contribution in [0.2, 0.25) is 10.0 Å². The van der Waals surface area contributed by atoms with Crippen molar-refractivity contribution in [3.05, 3.63) is 40.5 Å². The van der Waals surface area contributed by atoms with E-state index in [0.29, 0.717) is 42.0 Å². The summed E-state index contributed by atoms with van der Waals surface area (Å²) in [6.45, 7) is 5.16. The number of piperidine rings is 1. The van der Waals surface area contributed by atoms with E-state index in [2.05, 4.69) is 21.9 Å². The molecule has 0 bridgehead atoms. The summed E-state index contributed by atoms with van der Waals surface area (Å²) in [6, 6.07) is 1.24. The van der Waals surface area contributed by atoms with E-state index < -0.39 is 0 Å². The molecule has 1 saturated heterocycles. The number of halogens is 2. The molecule has 2 aliphatic heterocycles. The molecule has 3 aliphatic rings. The number of likely N-dealkylation sites (tertiary alicyclic amines) is 1. The van der Waals surface area contributed by atoms with Crippen LogP contribution < -0.4 is 24.6 Å². The number of amides is 3. The first-order chi connectivity index (χ1) is 18.3. The smallest absolute Gasteiger partial charge is 0.330 e. The van der Waals surface area contributed by atoms with Crippen molar-refractivity contribution in [2.24, 2.45) is 5.41 Å². The zero-order valence-electron chi connectivity index (χ0n) is 21.6. The fourth-order valence-electron chi connectivity index (χ4n) is 5.77. The van der Waals surface area contributed by atoms with Gasteiger partial charge in [0.2, 0.25) is 11.9 Å². The average molecular weight is 561 g/mol. The maximum Gasteiger partial charge on any atom is 0.330 e. The normalized spacial score (nSPS) is 18.7. The number of fused-ring (bicyclic) bond motifs is 1. The highest BCUT2D eigenvalue weighted by Gasteiger charge is 2.52. The first kappa shape index (κ1) is 26.4. The van der Waals surface area contributed by atoms with Gasteiger partial charge in [-0.05, 0) is 37.2 Å². The van der Waals surface area contributed by atoms with E-state index in [1.807, 2.05) is 4.90 Å². The SMILES string of the molecule is C=CC(=O)N1CCC2(CC1)CC(N1C(=O)N(c3c(Cl)c(OC)cc(OC)c3Cl)Cc3cnc(NC)nc31)C2. The van der Waals surface area contributed by atoms with Gasteiger partial charge in [0.15, 0.2) is 0 Å². The number of methoxy groups -OCH3 is 2. The number of nitrogens with one attached hydrogen (secondary N) is 1. The van der Waals surface area contributed by atoms with Crippen molar-refractivity contribution < 1.29 is 19.1 Å². The van der Waals surface area contributed by atoms with Crippen molar-refractivity contribution in [1.82, 2.24) is 14.9 Å². The largest absolute Gasteiger partial charge is 0.495 e. The molecule has 1 aromatic heterocycles. The van der Waals surface area contributed by atoms with Crippen LogP contribution in [0.4, 0.5) is 22.2 Å². The predicted molar refractivity (Wildman–Crippen MR) is 147 cm³/mol. The summed E-state index contributed by atoms with van der Waals surface area (Å²) in [5.74, 6) is 1.66. The second kappa shape index (κ2) is 10.1. The summed E-state index contributed by atoms with van der Waals surface area (Å²) in [5.41, 5.74) is 1.16. The predicted octanol–water partition coefficient (Wildman–Crippen LogP) is 4.75. The highest BCUT2D eigenvalue weighted by molar-refractivity contribution is 6.42. The number of rotatable bonds is 6. The Kier molecular flexibility index (Phi) is 7.04. The second-order valence-electron chi connectivity index (χ2n) is 9.88. The van der Waals surface area contributed by atoms with Gasteiger partial charge in [-0.15, -0.1) is 0 Å². The molecule has 12 heteroatoms. The van der Waals surface area contributed by atoms with Crippen LogP contribution in [0.25, 0.3) is 0 Å². The van der Waals surface area contributed by atoms with Crippen molar-refractivity contribution in [3.8, 4) is 11.5 Å². The standard InChI is InChI=1S/C26H30Cl2N6O4/c1-5-19(35)32-8-6-26(7-9-32)11-16(12-26)34-23-15(13-30-24(29-2)31-23)14-33(25(34)36)22-20(27)17(37-3)10-18(38-4)21(22)28/h5,10,13,16H,1,6-9,11-12,14H2,2-4H3,(H,29,30,31). The minimum absolute atomic E-state index is 0.0368. The number of hydrogen-bond donors (Lipinski definition) is 1.